The van der Waals surface area contributed by atoms with Crippen molar-refractivity contribution in [2.75, 3.05) is 0 Å². The van der Waals surface area contributed by atoms with Gasteiger partial charge >= 0.3 is 0 Å². The van der Waals surface area contributed by atoms with Crippen molar-refractivity contribution in [2.45, 2.75) is 63.8 Å². The zero-order valence-electron chi connectivity index (χ0n) is 7.89. The average Bonchev–Trinajstić information content (AvgIpc) is 2.51. The molecule has 0 aromatic heterocycles. The first-order valence-corrected chi connectivity index (χ1v) is 5.51. The third kappa shape index (κ3) is 2.09. The summed E-state index contributed by atoms with van der Waals surface area (Å²) in [5.74, 6) is 0. The molecular formula is C11H19N. The van der Waals surface area contributed by atoms with Gasteiger partial charge in [-0.15, -0.1) is 0 Å². The molecule has 2 rings (SSSR count). The van der Waals surface area contributed by atoms with Gasteiger partial charge in [-0.3, -0.25) is 4.99 Å². The lowest BCUT2D eigenvalue weighted by Crippen LogP contribution is -1.99. The van der Waals surface area contributed by atoms with E-state index in [2.05, 4.69) is 0 Å². The lowest BCUT2D eigenvalue weighted by molar-refractivity contribution is 0.537. The van der Waals surface area contributed by atoms with Gasteiger partial charge in [-0.25, -0.2) is 0 Å². The van der Waals surface area contributed by atoms with Crippen LogP contribution in [0.2, 0.25) is 0 Å². The van der Waals surface area contributed by atoms with Crippen molar-refractivity contribution < 1.29 is 0 Å². The molecule has 0 aromatic rings. The predicted octanol–water partition coefficient (Wildman–Crippen LogP) is 3.33. The summed E-state index contributed by atoms with van der Waals surface area (Å²) in [5, 5.41) is 0. The minimum absolute atomic E-state index is 0.720. The Balaban J connectivity index is 1.92. The van der Waals surface area contributed by atoms with E-state index in [0.29, 0.717) is 0 Å². The molecule has 2 aliphatic rings. The Hall–Kier alpha value is -0.330. The van der Waals surface area contributed by atoms with Crippen LogP contribution in [0.5, 0.6) is 0 Å². The van der Waals surface area contributed by atoms with E-state index in [-0.39, 0.29) is 0 Å². The van der Waals surface area contributed by atoms with Crippen LogP contribution in [0.15, 0.2) is 4.99 Å². The minimum atomic E-state index is 0.720. The molecule has 1 unspecified atom stereocenters. The predicted molar refractivity (Wildman–Crippen MR) is 52.8 cm³/mol. The van der Waals surface area contributed by atoms with E-state index < -0.39 is 0 Å². The van der Waals surface area contributed by atoms with Gasteiger partial charge in [0.15, 0.2) is 0 Å². The van der Waals surface area contributed by atoms with Crippen LogP contribution in [0.4, 0.5) is 0 Å². The van der Waals surface area contributed by atoms with E-state index in [4.69, 9.17) is 4.99 Å². The molecule has 2 heterocycles. The molecule has 0 fully saturated rings. The molecule has 0 N–H and O–H groups in total. The Kier molecular flexibility index (Phi) is 2.80. The summed E-state index contributed by atoms with van der Waals surface area (Å²) in [4.78, 5) is 4.77. The van der Waals surface area contributed by atoms with Crippen LogP contribution in [0.3, 0.4) is 0 Å². The number of nitrogens with zero attached hydrogens (tertiary/aromatic N) is 1. The zero-order valence-corrected chi connectivity index (χ0v) is 7.89. The highest BCUT2D eigenvalue weighted by Gasteiger charge is 2.17. The number of hydrogen-bond donors (Lipinski definition) is 0. The van der Waals surface area contributed by atoms with Gasteiger partial charge < -0.3 is 0 Å². The van der Waals surface area contributed by atoms with Crippen LogP contribution in [0.1, 0.15) is 57.8 Å². The SMILES string of the molecule is C1CCCC2=NC(CCC1)CC2. The van der Waals surface area contributed by atoms with E-state index in [1.807, 2.05) is 0 Å². The molecule has 0 aromatic carbocycles. The summed E-state index contributed by atoms with van der Waals surface area (Å²) in [6.45, 7) is 0. The van der Waals surface area contributed by atoms with Crippen molar-refractivity contribution in [2.24, 2.45) is 4.99 Å². The molecular weight excluding hydrogens is 146 g/mol. The minimum Gasteiger partial charge on any atom is -0.291 e. The van der Waals surface area contributed by atoms with Crippen LogP contribution in [0.25, 0.3) is 0 Å². The largest absolute Gasteiger partial charge is 0.291 e. The Labute approximate surface area is 75.3 Å². The van der Waals surface area contributed by atoms with Crippen molar-refractivity contribution in [1.82, 2.24) is 0 Å². The van der Waals surface area contributed by atoms with Crippen LogP contribution in [-0.4, -0.2) is 11.8 Å². The summed E-state index contributed by atoms with van der Waals surface area (Å²) in [7, 11) is 0. The number of rotatable bonds is 0. The Morgan fingerprint density at radius 3 is 2.67 bits per heavy atom. The van der Waals surface area contributed by atoms with E-state index in [1.165, 1.54) is 63.5 Å². The lowest BCUT2D eigenvalue weighted by Gasteiger charge is -2.07. The highest BCUT2D eigenvalue weighted by Crippen LogP contribution is 2.23. The van der Waals surface area contributed by atoms with Crippen molar-refractivity contribution in [3.05, 3.63) is 0 Å². The maximum Gasteiger partial charge on any atom is 0.0502 e. The molecule has 1 nitrogen and oxygen atoms in total. The van der Waals surface area contributed by atoms with Gasteiger partial charge in [0.1, 0.15) is 0 Å². The Morgan fingerprint density at radius 2 is 1.67 bits per heavy atom. The highest BCUT2D eigenvalue weighted by atomic mass is 14.8. The fourth-order valence-electron chi connectivity index (χ4n) is 2.36. The molecule has 0 saturated heterocycles. The summed E-state index contributed by atoms with van der Waals surface area (Å²) in [6, 6.07) is 0.720. The quantitative estimate of drug-likeness (QED) is 0.522. The molecule has 68 valence electrons. The van der Waals surface area contributed by atoms with Crippen LogP contribution >= 0.6 is 0 Å². The molecule has 1 heteroatoms. The van der Waals surface area contributed by atoms with E-state index in [0.717, 1.165) is 6.04 Å². The van der Waals surface area contributed by atoms with Gasteiger partial charge in [0, 0.05) is 5.71 Å². The molecule has 2 aliphatic heterocycles. The van der Waals surface area contributed by atoms with Crippen LogP contribution in [-0.2, 0) is 0 Å². The molecule has 0 saturated carbocycles. The first kappa shape index (κ1) is 8.28. The molecule has 0 radical (unpaired) electrons. The van der Waals surface area contributed by atoms with E-state index in [1.54, 1.807) is 0 Å². The van der Waals surface area contributed by atoms with Gasteiger partial charge in [-0.2, -0.15) is 0 Å². The first-order chi connectivity index (χ1) is 5.95. The van der Waals surface area contributed by atoms with Gasteiger partial charge in [0.25, 0.3) is 0 Å². The average molecular weight is 165 g/mol. The summed E-state index contributed by atoms with van der Waals surface area (Å²) in [6.07, 6.45) is 12.5. The molecule has 2 bridgehead atoms. The molecule has 0 spiro atoms. The smallest absolute Gasteiger partial charge is 0.0502 e. The second kappa shape index (κ2) is 4.06. The second-order valence-corrected chi connectivity index (χ2v) is 4.19. The normalized spacial score (nSPS) is 31.3. The Morgan fingerprint density at radius 1 is 0.833 bits per heavy atom. The second-order valence-electron chi connectivity index (χ2n) is 4.19. The van der Waals surface area contributed by atoms with Crippen molar-refractivity contribution in [1.29, 1.82) is 0 Å². The van der Waals surface area contributed by atoms with Crippen LogP contribution in [0, 0.1) is 0 Å². The first-order valence-electron chi connectivity index (χ1n) is 5.51. The lowest BCUT2D eigenvalue weighted by atomic mass is 10.1. The van der Waals surface area contributed by atoms with Gasteiger partial charge in [-0.1, -0.05) is 25.7 Å². The summed E-state index contributed by atoms with van der Waals surface area (Å²) < 4.78 is 0. The highest BCUT2D eigenvalue weighted by molar-refractivity contribution is 5.86. The fourth-order valence-corrected chi connectivity index (χ4v) is 2.36. The standard InChI is InChI=1S/C11H19N/c1-2-4-6-10-8-9-11(12-10)7-5-3-1/h10H,1-9H2. The van der Waals surface area contributed by atoms with E-state index in [9.17, 15) is 0 Å². The summed E-state index contributed by atoms with van der Waals surface area (Å²) in [5.41, 5.74) is 1.53. The topological polar surface area (TPSA) is 12.4 Å². The van der Waals surface area contributed by atoms with Crippen molar-refractivity contribution in [3.8, 4) is 0 Å². The molecule has 0 amide bonds. The van der Waals surface area contributed by atoms with Gasteiger partial charge in [-0.05, 0) is 32.1 Å². The van der Waals surface area contributed by atoms with E-state index >= 15 is 0 Å². The maximum absolute atomic E-state index is 4.77. The molecule has 1 atom stereocenters. The zero-order chi connectivity index (χ0) is 8.23. The summed E-state index contributed by atoms with van der Waals surface area (Å²) >= 11 is 0. The van der Waals surface area contributed by atoms with Gasteiger partial charge in [0.05, 0.1) is 6.04 Å². The molecule has 0 aliphatic carbocycles. The van der Waals surface area contributed by atoms with Crippen LogP contribution < -0.4 is 0 Å². The number of hydrogen-bond acceptors (Lipinski definition) is 1. The number of aliphatic imine (C=N–C) groups is 1. The maximum atomic E-state index is 4.77. The third-order valence-corrected chi connectivity index (χ3v) is 3.13. The number of fused-ring (bicyclic) bond motifs is 1. The van der Waals surface area contributed by atoms with Crippen molar-refractivity contribution >= 4 is 5.71 Å². The monoisotopic (exact) mass is 165 g/mol. The van der Waals surface area contributed by atoms with Crippen molar-refractivity contribution in [3.63, 3.8) is 0 Å². The Bertz CT molecular complexity index is 172. The molecule has 12 heavy (non-hydrogen) atoms. The van der Waals surface area contributed by atoms with Gasteiger partial charge in [0.2, 0.25) is 0 Å². The fraction of sp³-hybridized carbons (Fsp3) is 0.909. The third-order valence-electron chi connectivity index (χ3n) is 3.13.